The predicted octanol–water partition coefficient (Wildman–Crippen LogP) is 2.52. The van der Waals surface area contributed by atoms with Gasteiger partial charge in [0.15, 0.2) is 0 Å². The van der Waals surface area contributed by atoms with Crippen LogP contribution in [0.4, 0.5) is 8.78 Å². The SMILES string of the molecule is Cc1cc(C(=O)N2CC(C)NC(C)C2)c(F)cc1F.Cl. The third-order valence-electron chi connectivity index (χ3n) is 3.32. The number of amides is 1. The Kier molecular flexibility index (Phi) is 5.48. The Bertz CT molecular complexity index is 500. The predicted molar refractivity (Wildman–Crippen MR) is 76.3 cm³/mol. The molecule has 0 aliphatic carbocycles. The van der Waals surface area contributed by atoms with Crippen LogP contribution >= 0.6 is 12.4 Å². The molecule has 112 valence electrons. The van der Waals surface area contributed by atoms with Crippen molar-refractivity contribution in [2.75, 3.05) is 13.1 Å². The van der Waals surface area contributed by atoms with E-state index in [9.17, 15) is 13.6 Å². The van der Waals surface area contributed by atoms with Crippen molar-refractivity contribution >= 4 is 18.3 Å². The topological polar surface area (TPSA) is 32.3 Å². The summed E-state index contributed by atoms with van der Waals surface area (Å²) >= 11 is 0. The molecule has 1 heterocycles. The van der Waals surface area contributed by atoms with E-state index in [1.54, 1.807) is 4.90 Å². The molecule has 1 aliphatic rings. The second-order valence-corrected chi connectivity index (χ2v) is 5.26. The summed E-state index contributed by atoms with van der Waals surface area (Å²) in [6.07, 6.45) is 0. The minimum Gasteiger partial charge on any atom is -0.335 e. The Labute approximate surface area is 123 Å². The first-order valence-electron chi connectivity index (χ1n) is 6.39. The zero-order valence-corrected chi connectivity index (χ0v) is 12.6. The highest BCUT2D eigenvalue weighted by Crippen LogP contribution is 2.17. The fraction of sp³-hybridized carbons (Fsp3) is 0.500. The number of halogens is 3. The maximum Gasteiger partial charge on any atom is 0.256 e. The van der Waals surface area contributed by atoms with Crippen LogP contribution in [0.5, 0.6) is 0 Å². The quantitative estimate of drug-likeness (QED) is 0.864. The van der Waals surface area contributed by atoms with Gasteiger partial charge in [-0.2, -0.15) is 0 Å². The molecule has 1 aliphatic heterocycles. The largest absolute Gasteiger partial charge is 0.335 e. The highest BCUT2D eigenvalue weighted by molar-refractivity contribution is 5.94. The molecule has 2 atom stereocenters. The van der Waals surface area contributed by atoms with Gasteiger partial charge in [-0.05, 0) is 32.4 Å². The van der Waals surface area contributed by atoms with Gasteiger partial charge >= 0.3 is 0 Å². The normalized spacial score (nSPS) is 22.4. The van der Waals surface area contributed by atoms with E-state index in [1.807, 2.05) is 13.8 Å². The Morgan fingerprint density at radius 1 is 1.20 bits per heavy atom. The number of aryl methyl sites for hydroxylation is 1. The van der Waals surface area contributed by atoms with Gasteiger partial charge in [0, 0.05) is 31.2 Å². The molecule has 1 amide bonds. The Morgan fingerprint density at radius 3 is 2.30 bits per heavy atom. The summed E-state index contributed by atoms with van der Waals surface area (Å²) in [5.74, 6) is -1.80. The van der Waals surface area contributed by atoms with E-state index in [1.165, 1.54) is 13.0 Å². The number of carbonyl (C=O) groups excluding carboxylic acids is 1. The van der Waals surface area contributed by atoms with Crippen molar-refractivity contribution in [3.8, 4) is 0 Å². The van der Waals surface area contributed by atoms with Crippen LogP contribution in [0.3, 0.4) is 0 Å². The van der Waals surface area contributed by atoms with Crippen molar-refractivity contribution in [2.45, 2.75) is 32.9 Å². The molecule has 1 N–H and O–H groups in total. The smallest absolute Gasteiger partial charge is 0.256 e. The van der Waals surface area contributed by atoms with Gasteiger partial charge in [0.05, 0.1) is 5.56 Å². The molecule has 6 heteroatoms. The zero-order chi connectivity index (χ0) is 14.2. The lowest BCUT2D eigenvalue weighted by molar-refractivity contribution is 0.0669. The number of carbonyl (C=O) groups is 1. The highest BCUT2D eigenvalue weighted by atomic mass is 35.5. The van der Waals surface area contributed by atoms with Crippen LogP contribution < -0.4 is 5.32 Å². The molecule has 0 radical (unpaired) electrons. The molecule has 2 rings (SSSR count). The summed E-state index contributed by atoms with van der Waals surface area (Å²) in [5, 5.41) is 3.30. The first kappa shape index (κ1) is 16.9. The van der Waals surface area contributed by atoms with Crippen molar-refractivity contribution in [3.05, 3.63) is 34.9 Å². The summed E-state index contributed by atoms with van der Waals surface area (Å²) in [5.41, 5.74) is 0.223. The lowest BCUT2D eigenvalue weighted by atomic mass is 10.1. The standard InChI is InChI=1S/C14H18F2N2O.ClH/c1-8-4-11(13(16)5-12(8)15)14(19)18-6-9(2)17-10(3)7-18;/h4-5,9-10,17H,6-7H2,1-3H3;1H. The van der Waals surface area contributed by atoms with E-state index in [0.29, 0.717) is 13.1 Å². The van der Waals surface area contributed by atoms with Gasteiger partial charge in [0.25, 0.3) is 5.91 Å². The molecule has 0 aromatic heterocycles. The Morgan fingerprint density at radius 2 is 1.75 bits per heavy atom. The minimum absolute atomic E-state index is 0. The van der Waals surface area contributed by atoms with E-state index >= 15 is 0 Å². The molecule has 20 heavy (non-hydrogen) atoms. The zero-order valence-electron chi connectivity index (χ0n) is 11.7. The number of nitrogens with one attached hydrogen (secondary N) is 1. The van der Waals surface area contributed by atoms with Crippen LogP contribution in [0.1, 0.15) is 29.8 Å². The van der Waals surface area contributed by atoms with E-state index in [4.69, 9.17) is 0 Å². The van der Waals surface area contributed by atoms with Crippen molar-refractivity contribution in [3.63, 3.8) is 0 Å². The molecular weight excluding hydrogens is 286 g/mol. The van der Waals surface area contributed by atoms with E-state index in [0.717, 1.165) is 6.07 Å². The number of hydrogen-bond donors (Lipinski definition) is 1. The summed E-state index contributed by atoms with van der Waals surface area (Å²) in [4.78, 5) is 13.9. The first-order chi connectivity index (χ1) is 8.88. The van der Waals surface area contributed by atoms with Gasteiger partial charge in [0.1, 0.15) is 11.6 Å². The average Bonchev–Trinajstić information content (AvgIpc) is 2.31. The molecule has 1 aromatic rings. The molecule has 1 aromatic carbocycles. The molecule has 1 fully saturated rings. The van der Waals surface area contributed by atoms with Crippen LogP contribution in [-0.2, 0) is 0 Å². The Balaban J connectivity index is 0.00000200. The molecule has 0 bridgehead atoms. The van der Waals surface area contributed by atoms with Crippen LogP contribution in [0.25, 0.3) is 0 Å². The molecule has 3 nitrogen and oxygen atoms in total. The van der Waals surface area contributed by atoms with Gasteiger partial charge in [0.2, 0.25) is 0 Å². The number of rotatable bonds is 1. The van der Waals surface area contributed by atoms with Gasteiger partial charge < -0.3 is 10.2 Å². The first-order valence-corrected chi connectivity index (χ1v) is 6.39. The molecule has 1 saturated heterocycles. The molecule has 2 unspecified atom stereocenters. The molecule has 0 spiro atoms. The lowest BCUT2D eigenvalue weighted by Gasteiger charge is -2.36. The third kappa shape index (κ3) is 3.46. The summed E-state index contributed by atoms with van der Waals surface area (Å²) in [7, 11) is 0. The van der Waals surface area contributed by atoms with Gasteiger partial charge in [-0.25, -0.2) is 8.78 Å². The van der Waals surface area contributed by atoms with Crippen molar-refractivity contribution in [2.24, 2.45) is 0 Å². The number of piperazine rings is 1. The number of benzene rings is 1. The number of hydrogen-bond acceptors (Lipinski definition) is 2. The third-order valence-corrected chi connectivity index (χ3v) is 3.32. The second-order valence-electron chi connectivity index (χ2n) is 5.26. The Hall–Kier alpha value is -1.20. The fourth-order valence-corrected chi connectivity index (χ4v) is 2.48. The second kappa shape index (κ2) is 6.50. The van der Waals surface area contributed by atoms with Gasteiger partial charge in [-0.15, -0.1) is 12.4 Å². The molecule has 0 saturated carbocycles. The van der Waals surface area contributed by atoms with Crippen molar-refractivity contribution in [1.29, 1.82) is 0 Å². The van der Waals surface area contributed by atoms with Crippen LogP contribution in [0, 0.1) is 18.6 Å². The van der Waals surface area contributed by atoms with Crippen LogP contribution in [0.15, 0.2) is 12.1 Å². The summed E-state index contributed by atoms with van der Waals surface area (Å²) < 4.78 is 26.9. The van der Waals surface area contributed by atoms with Crippen molar-refractivity contribution in [1.82, 2.24) is 10.2 Å². The lowest BCUT2D eigenvalue weighted by Crippen LogP contribution is -2.55. The van der Waals surface area contributed by atoms with Gasteiger partial charge in [-0.1, -0.05) is 0 Å². The fourth-order valence-electron chi connectivity index (χ4n) is 2.48. The van der Waals surface area contributed by atoms with Gasteiger partial charge in [-0.3, -0.25) is 4.79 Å². The van der Waals surface area contributed by atoms with E-state index in [-0.39, 0.29) is 41.5 Å². The van der Waals surface area contributed by atoms with Crippen molar-refractivity contribution < 1.29 is 13.6 Å². The number of nitrogens with zero attached hydrogens (tertiary/aromatic N) is 1. The summed E-state index contributed by atoms with van der Waals surface area (Å²) in [6, 6.07) is 2.39. The average molecular weight is 305 g/mol. The maximum absolute atomic E-state index is 13.7. The monoisotopic (exact) mass is 304 g/mol. The van der Waals surface area contributed by atoms with Crippen LogP contribution in [-0.4, -0.2) is 36.0 Å². The summed E-state index contributed by atoms with van der Waals surface area (Å²) in [6.45, 7) is 6.52. The molecular formula is C14H19ClF2N2O. The van der Waals surface area contributed by atoms with E-state index in [2.05, 4.69) is 5.32 Å². The van der Waals surface area contributed by atoms with E-state index < -0.39 is 11.6 Å². The maximum atomic E-state index is 13.7. The highest BCUT2D eigenvalue weighted by Gasteiger charge is 2.27. The van der Waals surface area contributed by atoms with Crippen LogP contribution in [0.2, 0.25) is 0 Å². The minimum atomic E-state index is -0.799.